The van der Waals surface area contributed by atoms with Crippen LogP contribution < -0.4 is 22.0 Å². The molecule has 1 aromatic rings. The van der Waals surface area contributed by atoms with Crippen LogP contribution in [0, 0.1) is 4.77 Å². The zero-order valence-corrected chi connectivity index (χ0v) is 6.42. The van der Waals surface area contributed by atoms with Gasteiger partial charge in [0.15, 0.2) is 0 Å². The SMILES string of the molecule is S=c1[nH]ccc[nH+]1.[Br-]. The molecule has 0 atom stereocenters. The topological polar surface area (TPSA) is 29.9 Å². The Bertz CT molecular complexity index is 180. The number of rotatable bonds is 0. The fourth-order valence-corrected chi connectivity index (χ4v) is 0.473. The van der Waals surface area contributed by atoms with Gasteiger partial charge >= 0.3 is 4.77 Å². The van der Waals surface area contributed by atoms with Gasteiger partial charge in [-0.3, -0.25) is 0 Å². The van der Waals surface area contributed by atoms with Gasteiger partial charge in [-0.25, -0.2) is 9.97 Å². The molecule has 0 spiro atoms. The predicted octanol–water partition coefficient (Wildman–Crippen LogP) is -2.44. The van der Waals surface area contributed by atoms with Crippen molar-refractivity contribution in [3.8, 4) is 0 Å². The van der Waals surface area contributed by atoms with Gasteiger partial charge in [-0.1, -0.05) is 0 Å². The van der Waals surface area contributed by atoms with Crippen molar-refractivity contribution in [1.29, 1.82) is 0 Å². The van der Waals surface area contributed by atoms with Crippen molar-refractivity contribution in [3.05, 3.63) is 23.2 Å². The van der Waals surface area contributed by atoms with E-state index in [0.29, 0.717) is 4.77 Å². The normalized spacial score (nSPS) is 7.50. The van der Waals surface area contributed by atoms with Crippen molar-refractivity contribution >= 4 is 12.2 Å². The lowest BCUT2D eigenvalue weighted by molar-refractivity contribution is -0.391. The molecule has 1 heterocycles. The molecule has 0 aliphatic rings. The van der Waals surface area contributed by atoms with E-state index in [9.17, 15) is 0 Å². The van der Waals surface area contributed by atoms with Crippen molar-refractivity contribution < 1.29 is 22.0 Å². The number of aromatic nitrogens is 2. The fraction of sp³-hybridized carbons (Fsp3) is 0. The maximum absolute atomic E-state index is 4.70. The minimum Gasteiger partial charge on any atom is -1.00 e. The second-order valence-corrected chi connectivity index (χ2v) is 1.55. The lowest BCUT2D eigenvalue weighted by Gasteiger charge is -1.68. The number of aromatic amines is 2. The Labute approximate surface area is 62.7 Å². The second-order valence-electron chi connectivity index (χ2n) is 1.14. The average Bonchev–Trinajstić information content (AvgIpc) is 1.69. The summed E-state index contributed by atoms with van der Waals surface area (Å²) in [5.74, 6) is 0. The number of H-pyrrole nitrogens is 2. The highest BCUT2D eigenvalue weighted by Gasteiger charge is 1.74. The van der Waals surface area contributed by atoms with Gasteiger partial charge in [0.1, 0.15) is 0 Å². The second kappa shape index (κ2) is 3.74. The van der Waals surface area contributed by atoms with Gasteiger partial charge in [-0.2, -0.15) is 0 Å². The number of halogens is 1. The van der Waals surface area contributed by atoms with Crippen LogP contribution >= 0.6 is 12.2 Å². The van der Waals surface area contributed by atoms with Gasteiger partial charge in [0.25, 0.3) is 0 Å². The summed E-state index contributed by atoms with van der Waals surface area (Å²) in [4.78, 5) is 5.58. The molecule has 2 nitrogen and oxygen atoms in total. The van der Waals surface area contributed by atoms with Gasteiger partial charge in [0.2, 0.25) is 0 Å². The first-order valence-corrected chi connectivity index (χ1v) is 2.36. The largest absolute Gasteiger partial charge is 1.00 e. The summed E-state index contributed by atoms with van der Waals surface area (Å²) >= 11 is 4.70. The summed E-state index contributed by atoms with van der Waals surface area (Å²) in [6.45, 7) is 0. The van der Waals surface area contributed by atoms with Crippen LogP contribution in [0.1, 0.15) is 0 Å². The summed E-state index contributed by atoms with van der Waals surface area (Å²) in [6, 6.07) is 1.84. The highest BCUT2D eigenvalue weighted by atomic mass is 79.9. The van der Waals surface area contributed by atoms with E-state index >= 15 is 0 Å². The van der Waals surface area contributed by atoms with Crippen LogP contribution in [-0.4, -0.2) is 4.98 Å². The van der Waals surface area contributed by atoms with Crippen LogP contribution in [0.3, 0.4) is 0 Å². The quantitative estimate of drug-likeness (QED) is 0.456. The van der Waals surface area contributed by atoms with Crippen molar-refractivity contribution in [3.63, 3.8) is 0 Å². The summed E-state index contributed by atoms with van der Waals surface area (Å²) in [6.07, 6.45) is 3.55. The van der Waals surface area contributed by atoms with Gasteiger partial charge < -0.3 is 17.0 Å². The van der Waals surface area contributed by atoms with Crippen LogP contribution in [0.25, 0.3) is 0 Å². The van der Waals surface area contributed by atoms with E-state index in [0.717, 1.165) is 0 Å². The lowest BCUT2D eigenvalue weighted by atomic mass is 10.7. The third kappa shape index (κ3) is 2.18. The molecule has 1 aromatic heterocycles. The fourth-order valence-electron chi connectivity index (χ4n) is 0.337. The molecule has 0 fully saturated rings. The van der Waals surface area contributed by atoms with Gasteiger partial charge in [-0.05, 0) is 0 Å². The molecule has 0 saturated carbocycles. The Hall–Kier alpha value is -0.220. The molecule has 4 heteroatoms. The minimum absolute atomic E-state index is 0. The Kier molecular flexibility index (Phi) is 3.64. The maximum Gasteiger partial charge on any atom is 0.346 e. The highest BCUT2D eigenvalue weighted by Crippen LogP contribution is 1.67. The highest BCUT2D eigenvalue weighted by molar-refractivity contribution is 7.71. The van der Waals surface area contributed by atoms with Crippen molar-refractivity contribution in [1.82, 2.24) is 4.98 Å². The third-order valence-electron chi connectivity index (χ3n) is 0.621. The Morgan fingerprint density at radius 1 is 1.62 bits per heavy atom. The van der Waals surface area contributed by atoms with Gasteiger partial charge in [0, 0.05) is 18.3 Å². The summed E-state index contributed by atoms with van der Waals surface area (Å²) in [5.41, 5.74) is 0. The van der Waals surface area contributed by atoms with E-state index in [-0.39, 0.29) is 17.0 Å². The molecule has 0 amide bonds. The molecule has 0 aromatic carbocycles. The molecule has 0 aliphatic carbocycles. The molecule has 0 saturated heterocycles. The van der Waals surface area contributed by atoms with E-state index in [4.69, 9.17) is 12.2 Å². The van der Waals surface area contributed by atoms with E-state index < -0.39 is 0 Å². The van der Waals surface area contributed by atoms with Crippen LogP contribution in [0.2, 0.25) is 0 Å². The standard InChI is InChI=1S/C4H4N2S.BrH/c7-4-5-2-1-3-6-4;/h1-3H,(H,5,6,7);1H. The van der Waals surface area contributed by atoms with Crippen LogP contribution in [0.15, 0.2) is 18.5 Å². The summed E-state index contributed by atoms with van der Waals surface area (Å²) < 4.78 is 0.655. The van der Waals surface area contributed by atoms with E-state index in [1.807, 2.05) is 6.07 Å². The molecule has 0 bridgehead atoms. The zero-order valence-electron chi connectivity index (χ0n) is 4.02. The Balaban J connectivity index is 0.000000490. The zero-order chi connectivity index (χ0) is 5.11. The van der Waals surface area contributed by atoms with Crippen LogP contribution in [0.5, 0.6) is 0 Å². The molecule has 0 radical (unpaired) electrons. The van der Waals surface area contributed by atoms with Crippen molar-refractivity contribution in [2.75, 3.05) is 0 Å². The number of hydrogen-bond donors (Lipinski definition) is 1. The van der Waals surface area contributed by atoms with Crippen molar-refractivity contribution in [2.45, 2.75) is 0 Å². The molecule has 44 valence electrons. The Morgan fingerprint density at radius 2 is 2.38 bits per heavy atom. The Morgan fingerprint density at radius 3 is 2.62 bits per heavy atom. The van der Waals surface area contributed by atoms with Gasteiger partial charge in [-0.15, -0.1) is 0 Å². The molecular weight excluding hydrogens is 188 g/mol. The molecular formula is C4H5BrN2S. The monoisotopic (exact) mass is 192 g/mol. The van der Waals surface area contributed by atoms with E-state index in [1.54, 1.807) is 12.4 Å². The number of nitrogens with one attached hydrogen (secondary N) is 2. The average molecular weight is 193 g/mol. The van der Waals surface area contributed by atoms with E-state index in [1.165, 1.54) is 0 Å². The maximum atomic E-state index is 4.70. The van der Waals surface area contributed by atoms with Crippen LogP contribution in [0.4, 0.5) is 0 Å². The van der Waals surface area contributed by atoms with Crippen molar-refractivity contribution in [2.24, 2.45) is 0 Å². The first-order valence-electron chi connectivity index (χ1n) is 1.95. The lowest BCUT2D eigenvalue weighted by Crippen LogP contribution is -3.00. The van der Waals surface area contributed by atoms with E-state index in [2.05, 4.69) is 9.97 Å². The smallest absolute Gasteiger partial charge is 0.346 e. The van der Waals surface area contributed by atoms with Crippen LogP contribution in [-0.2, 0) is 0 Å². The molecule has 1 rings (SSSR count). The first kappa shape index (κ1) is 7.78. The predicted molar refractivity (Wildman–Crippen MR) is 28.2 cm³/mol. The first-order chi connectivity index (χ1) is 3.39. The van der Waals surface area contributed by atoms with Gasteiger partial charge in [0.05, 0.1) is 12.4 Å². The number of hydrogen-bond acceptors (Lipinski definition) is 1. The molecule has 8 heavy (non-hydrogen) atoms. The summed E-state index contributed by atoms with van der Waals surface area (Å²) in [7, 11) is 0. The minimum atomic E-state index is 0. The molecule has 0 unspecified atom stereocenters. The summed E-state index contributed by atoms with van der Waals surface area (Å²) in [5, 5.41) is 0. The molecule has 2 N–H and O–H groups in total. The third-order valence-corrected chi connectivity index (χ3v) is 0.857. The molecule has 0 aliphatic heterocycles.